The second-order valence-corrected chi connectivity index (χ2v) is 10.1. The van der Waals surface area contributed by atoms with Crippen molar-refractivity contribution in [2.75, 3.05) is 0 Å². The molecule has 2 N–H and O–H groups in total. The largest absolute Gasteiger partial charge is 0.411 e. The van der Waals surface area contributed by atoms with Gasteiger partial charge in [-0.05, 0) is 107 Å². The first-order chi connectivity index (χ1) is 11.4. The zero-order valence-corrected chi connectivity index (χ0v) is 15.7. The standard InChI is InChI=1S/C21H35NO2/c1-13(22-24)18-6-7-19-17-5-4-14-12-20(2,23)10-8-15(14)16(17)9-11-21(18,19)3/h14-19,23-24H,4-12H2,1-3H3/b22-13+/t14-,15+,16-,17-,18-,19+,20-,21-/m1/s1. The van der Waals surface area contributed by atoms with Crippen molar-refractivity contribution in [3.63, 3.8) is 0 Å². The maximum Gasteiger partial charge on any atom is 0.0622 e. The molecule has 3 nitrogen and oxygen atoms in total. The maximum absolute atomic E-state index is 10.5. The van der Waals surface area contributed by atoms with Gasteiger partial charge in [0.15, 0.2) is 0 Å². The molecule has 4 aliphatic rings. The first-order valence-electron chi connectivity index (χ1n) is 10.3. The summed E-state index contributed by atoms with van der Waals surface area (Å²) in [5.41, 5.74) is 0.898. The van der Waals surface area contributed by atoms with Gasteiger partial charge in [0.25, 0.3) is 0 Å². The fourth-order valence-electron chi connectivity index (χ4n) is 7.84. The number of hydrogen-bond donors (Lipinski definition) is 2. The molecule has 0 aromatic rings. The van der Waals surface area contributed by atoms with E-state index in [-0.39, 0.29) is 0 Å². The summed E-state index contributed by atoms with van der Waals surface area (Å²) in [5, 5.41) is 23.4. The van der Waals surface area contributed by atoms with E-state index in [0.717, 1.165) is 48.1 Å². The van der Waals surface area contributed by atoms with Gasteiger partial charge < -0.3 is 10.3 Å². The van der Waals surface area contributed by atoms with Crippen LogP contribution in [0.25, 0.3) is 0 Å². The summed E-state index contributed by atoms with van der Waals surface area (Å²) in [4.78, 5) is 0. The van der Waals surface area contributed by atoms with Crippen LogP contribution >= 0.6 is 0 Å². The van der Waals surface area contributed by atoms with Crippen molar-refractivity contribution >= 4 is 5.71 Å². The lowest BCUT2D eigenvalue weighted by molar-refractivity contribution is -0.0965. The average molecular weight is 334 g/mol. The molecule has 0 aromatic carbocycles. The third-order valence-electron chi connectivity index (χ3n) is 8.90. The monoisotopic (exact) mass is 333 g/mol. The van der Waals surface area contributed by atoms with Crippen LogP contribution in [0.15, 0.2) is 5.16 Å². The SMILES string of the molecule is C/C(=N\O)[C@H]1CC[C@H]2[C@@H]3CC[C@@H]4C[C@](C)(O)CC[C@@H]4[C@H]3CC[C@]12C. The number of nitrogens with zero attached hydrogens (tertiary/aromatic N) is 1. The van der Waals surface area contributed by atoms with Crippen LogP contribution in [-0.2, 0) is 0 Å². The fourth-order valence-corrected chi connectivity index (χ4v) is 7.84. The summed E-state index contributed by atoms with van der Waals surface area (Å²) in [6.45, 7) is 6.55. The Morgan fingerprint density at radius 1 is 0.917 bits per heavy atom. The first kappa shape index (κ1) is 16.9. The highest BCUT2D eigenvalue weighted by molar-refractivity contribution is 5.84. The first-order valence-corrected chi connectivity index (χ1v) is 10.3. The van der Waals surface area contributed by atoms with Crippen LogP contribution in [0.5, 0.6) is 0 Å². The van der Waals surface area contributed by atoms with Crippen LogP contribution in [-0.4, -0.2) is 21.6 Å². The molecule has 4 saturated carbocycles. The van der Waals surface area contributed by atoms with E-state index in [1.807, 2.05) is 13.8 Å². The molecule has 8 atom stereocenters. The van der Waals surface area contributed by atoms with Crippen molar-refractivity contribution in [1.29, 1.82) is 0 Å². The summed E-state index contributed by atoms with van der Waals surface area (Å²) in [5.74, 6) is 4.70. The molecule has 136 valence electrons. The highest BCUT2D eigenvalue weighted by Gasteiger charge is 2.57. The number of rotatable bonds is 1. The van der Waals surface area contributed by atoms with Crippen molar-refractivity contribution in [3.05, 3.63) is 0 Å². The van der Waals surface area contributed by atoms with Gasteiger partial charge in [0, 0.05) is 5.92 Å². The van der Waals surface area contributed by atoms with Gasteiger partial charge in [0.2, 0.25) is 0 Å². The molecule has 0 spiro atoms. The lowest BCUT2D eigenvalue weighted by Gasteiger charge is -2.57. The Hall–Kier alpha value is -0.570. The minimum Gasteiger partial charge on any atom is -0.411 e. The van der Waals surface area contributed by atoms with Crippen molar-refractivity contribution in [1.82, 2.24) is 0 Å². The van der Waals surface area contributed by atoms with E-state index in [1.54, 1.807) is 0 Å². The summed E-state index contributed by atoms with van der Waals surface area (Å²) >= 11 is 0. The summed E-state index contributed by atoms with van der Waals surface area (Å²) in [7, 11) is 0. The Morgan fingerprint density at radius 3 is 2.42 bits per heavy atom. The molecule has 0 saturated heterocycles. The van der Waals surface area contributed by atoms with E-state index in [1.165, 1.54) is 44.9 Å². The third-order valence-corrected chi connectivity index (χ3v) is 8.90. The Balaban J connectivity index is 1.55. The Labute approximate surface area is 146 Å². The average Bonchev–Trinajstić information content (AvgIpc) is 2.90. The van der Waals surface area contributed by atoms with Crippen LogP contribution in [0.1, 0.15) is 78.6 Å². The second kappa shape index (κ2) is 5.72. The van der Waals surface area contributed by atoms with Crippen molar-refractivity contribution in [2.45, 2.75) is 84.2 Å². The molecule has 0 bridgehead atoms. The molecule has 4 rings (SSSR count). The quantitative estimate of drug-likeness (QED) is 0.409. The topological polar surface area (TPSA) is 52.8 Å². The lowest BCUT2D eigenvalue weighted by Crippen LogP contribution is -2.50. The Bertz CT molecular complexity index is 528. The predicted octanol–water partition coefficient (Wildman–Crippen LogP) is 4.86. The van der Waals surface area contributed by atoms with E-state index >= 15 is 0 Å². The minimum atomic E-state index is -0.412. The molecule has 4 aliphatic carbocycles. The van der Waals surface area contributed by atoms with Crippen LogP contribution in [0, 0.1) is 40.9 Å². The molecular formula is C21H35NO2. The normalized spacial score (nSPS) is 54.8. The Kier molecular flexibility index (Phi) is 4.02. The van der Waals surface area contributed by atoms with Crippen LogP contribution < -0.4 is 0 Å². The number of hydrogen-bond acceptors (Lipinski definition) is 3. The molecule has 0 radical (unpaired) electrons. The molecule has 4 fully saturated rings. The van der Waals surface area contributed by atoms with E-state index in [2.05, 4.69) is 12.1 Å². The van der Waals surface area contributed by atoms with Crippen LogP contribution in [0.4, 0.5) is 0 Å². The lowest BCUT2D eigenvalue weighted by atomic mass is 9.49. The van der Waals surface area contributed by atoms with Crippen molar-refractivity contribution in [2.24, 2.45) is 46.1 Å². The third kappa shape index (κ3) is 2.45. The van der Waals surface area contributed by atoms with E-state index < -0.39 is 5.60 Å². The summed E-state index contributed by atoms with van der Waals surface area (Å²) in [6, 6.07) is 0. The second-order valence-electron chi connectivity index (χ2n) is 10.1. The highest BCUT2D eigenvalue weighted by Crippen LogP contribution is 2.64. The molecule has 0 aliphatic heterocycles. The number of oxime groups is 1. The van der Waals surface area contributed by atoms with Gasteiger partial charge in [0.1, 0.15) is 0 Å². The van der Waals surface area contributed by atoms with Gasteiger partial charge in [-0.2, -0.15) is 0 Å². The van der Waals surface area contributed by atoms with E-state index in [0.29, 0.717) is 11.3 Å². The summed E-state index contributed by atoms with van der Waals surface area (Å²) in [6.07, 6.45) is 11.2. The zero-order valence-electron chi connectivity index (χ0n) is 15.7. The molecule has 0 heterocycles. The summed E-state index contributed by atoms with van der Waals surface area (Å²) < 4.78 is 0. The van der Waals surface area contributed by atoms with Gasteiger partial charge in [0.05, 0.1) is 11.3 Å². The molecule has 0 unspecified atom stereocenters. The predicted molar refractivity (Wildman–Crippen MR) is 96.1 cm³/mol. The van der Waals surface area contributed by atoms with Gasteiger partial charge in [-0.15, -0.1) is 0 Å². The van der Waals surface area contributed by atoms with Crippen molar-refractivity contribution < 1.29 is 10.3 Å². The van der Waals surface area contributed by atoms with Gasteiger partial charge in [-0.1, -0.05) is 12.1 Å². The smallest absolute Gasteiger partial charge is 0.0622 e. The zero-order chi connectivity index (χ0) is 17.1. The van der Waals surface area contributed by atoms with Gasteiger partial charge in [-0.25, -0.2) is 0 Å². The molecule has 24 heavy (non-hydrogen) atoms. The van der Waals surface area contributed by atoms with Crippen LogP contribution in [0.3, 0.4) is 0 Å². The molecule has 0 aromatic heterocycles. The molecule has 3 heteroatoms. The Morgan fingerprint density at radius 2 is 1.67 bits per heavy atom. The highest BCUT2D eigenvalue weighted by atomic mass is 16.4. The van der Waals surface area contributed by atoms with E-state index in [9.17, 15) is 10.3 Å². The maximum atomic E-state index is 10.5. The van der Waals surface area contributed by atoms with Gasteiger partial charge >= 0.3 is 0 Å². The number of fused-ring (bicyclic) bond motifs is 5. The molecule has 0 amide bonds. The minimum absolute atomic E-state index is 0.352. The fraction of sp³-hybridized carbons (Fsp3) is 0.952. The van der Waals surface area contributed by atoms with Crippen molar-refractivity contribution in [3.8, 4) is 0 Å². The van der Waals surface area contributed by atoms with E-state index in [4.69, 9.17) is 0 Å². The van der Waals surface area contributed by atoms with Crippen LogP contribution in [0.2, 0.25) is 0 Å². The molecular weight excluding hydrogens is 298 g/mol. The number of aliphatic hydroxyl groups is 1. The van der Waals surface area contributed by atoms with Gasteiger partial charge in [-0.3, -0.25) is 0 Å².